The first kappa shape index (κ1) is 72.0. The van der Waals surface area contributed by atoms with Crippen molar-refractivity contribution in [1.29, 1.82) is 10.5 Å². The smallest absolute Gasteiger partial charge is 0.503 e. The molecular formula is C85H100B2N6O7S. The number of rotatable bonds is 24. The number of aromatic nitrogens is 4. The van der Waals surface area contributed by atoms with Crippen LogP contribution in [0.1, 0.15) is 179 Å². The van der Waals surface area contributed by atoms with Gasteiger partial charge in [0.25, 0.3) is 0 Å². The van der Waals surface area contributed by atoms with Crippen LogP contribution in [-0.2, 0) is 0 Å². The summed E-state index contributed by atoms with van der Waals surface area (Å²) in [6, 6.07) is 50.6. The zero-order valence-electron chi connectivity index (χ0n) is 62.4. The zero-order chi connectivity index (χ0) is 71.9. The summed E-state index contributed by atoms with van der Waals surface area (Å²) in [6.07, 6.45) is 8.58. The molecule has 0 radical (unpaired) electrons. The number of oxazole rings is 1. The Morgan fingerprint density at radius 3 is 1.37 bits per heavy atom. The Bertz CT molecular complexity index is 4690. The summed E-state index contributed by atoms with van der Waals surface area (Å²) in [5, 5.41) is 27.0. The van der Waals surface area contributed by atoms with Crippen LogP contribution in [0.5, 0.6) is 34.5 Å². The predicted octanol–water partition coefficient (Wildman–Crippen LogP) is 20.7. The maximum atomic E-state index is 12.4. The van der Waals surface area contributed by atoms with E-state index in [1.165, 1.54) is 11.3 Å². The number of para-hydroxylation sites is 5. The summed E-state index contributed by atoms with van der Waals surface area (Å²) in [7, 11) is -2.48. The van der Waals surface area contributed by atoms with E-state index in [0.717, 1.165) is 67.1 Å². The summed E-state index contributed by atoms with van der Waals surface area (Å²) in [4.78, 5) is 10.4. The van der Waals surface area contributed by atoms with Crippen molar-refractivity contribution in [1.82, 2.24) is 18.9 Å². The van der Waals surface area contributed by atoms with Crippen LogP contribution in [0.2, 0.25) is 0 Å². The van der Waals surface area contributed by atoms with E-state index in [0.29, 0.717) is 131 Å². The van der Waals surface area contributed by atoms with Crippen molar-refractivity contribution in [2.45, 2.75) is 169 Å². The van der Waals surface area contributed by atoms with Crippen LogP contribution in [-0.4, -0.2) is 46.6 Å². The van der Waals surface area contributed by atoms with Crippen LogP contribution in [0.25, 0.3) is 65.7 Å². The molecule has 0 saturated carbocycles. The molecule has 12 rings (SSSR count). The first-order chi connectivity index (χ1) is 48.0. The highest BCUT2D eigenvalue weighted by atomic mass is 32.1. The summed E-state index contributed by atoms with van der Waals surface area (Å²) >= 11 is 1.42. The Morgan fingerprint density at radius 2 is 0.931 bits per heavy atom. The van der Waals surface area contributed by atoms with Gasteiger partial charge in [-0.3, -0.25) is 0 Å². The topological polar surface area (TPSA) is 152 Å². The molecule has 0 spiro atoms. The summed E-state index contributed by atoms with van der Waals surface area (Å²) in [5.41, 5.74) is 6.20. The number of benzene rings is 6. The van der Waals surface area contributed by atoms with Gasteiger partial charge in [-0.1, -0.05) is 190 Å². The van der Waals surface area contributed by atoms with Gasteiger partial charge in [-0.25, -0.2) is 9.97 Å². The quantitative estimate of drug-likeness (QED) is 0.0532. The van der Waals surface area contributed by atoms with Crippen molar-refractivity contribution in [2.24, 2.45) is 57.2 Å². The molecule has 0 N–H and O–H groups in total. The molecule has 4 aromatic heterocycles. The minimum absolute atomic E-state index is 0.0705. The number of hydrogen-bond acceptors (Lipinski definition) is 12. The van der Waals surface area contributed by atoms with Crippen LogP contribution in [0.4, 0.5) is 0 Å². The van der Waals surface area contributed by atoms with Crippen molar-refractivity contribution in [3.05, 3.63) is 167 Å². The van der Waals surface area contributed by atoms with Gasteiger partial charge in [0.15, 0.2) is 5.58 Å². The molecule has 524 valence electrons. The average Bonchev–Trinajstić information content (AvgIpc) is 1.52. The normalized spacial score (nSPS) is 15.7. The molecule has 6 aromatic carbocycles. The van der Waals surface area contributed by atoms with E-state index in [1.54, 1.807) is 0 Å². The van der Waals surface area contributed by atoms with E-state index < -0.39 is 14.5 Å². The van der Waals surface area contributed by atoms with Gasteiger partial charge in [0, 0.05) is 21.9 Å². The van der Waals surface area contributed by atoms with Crippen LogP contribution in [0.15, 0.2) is 144 Å². The van der Waals surface area contributed by atoms with E-state index in [4.69, 9.17) is 42.5 Å². The van der Waals surface area contributed by atoms with Crippen LogP contribution in [0.3, 0.4) is 0 Å². The summed E-state index contributed by atoms with van der Waals surface area (Å²) < 4.78 is 54.3. The summed E-state index contributed by atoms with van der Waals surface area (Å²) in [6.45, 7) is 40.4. The van der Waals surface area contributed by atoms with Gasteiger partial charge >= 0.3 is 14.5 Å². The second-order valence-corrected chi connectivity index (χ2v) is 34.9. The Labute approximate surface area is 602 Å². The van der Waals surface area contributed by atoms with Gasteiger partial charge in [0.05, 0.1) is 45.5 Å². The van der Waals surface area contributed by atoms with Crippen LogP contribution >= 0.6 is 11.3 Å². The fourth-order valence-corrected chi connectivity index (χ4v) is 16.8. The number of hydrogen-bond donors (Lipinski definition) is 0. The molecule has 0 fully saturated rings. The average molecular weight is 1370 g/mol. The second-order valence-electron chi connectivity index (χ2n) is 33.9. The van der Waals surface area contributed by atoms with Gasteiger partial charge in [0.1, 0.15) is 68.3 Å². The van der Waals surface area contributed by atoms with Gasteiger partial charge in [-0.2, -0.15) is 10.5 Å². The molecule has 2 aliphatic rings. The van der Waals surface area contributed by atoms with Crippen molar-refractivity contribution in [3.63, 3.8) is 0 Å². The monoisotopic (exact) mass is 1370 g/mol. The number of thiazole rings is 1. The Kier molecular flexibility index (Phi) is 20.8. The highest BCUT2D eigenvalue weighted by molar-refractivity contribution is 7.19. The molecule has 0 bridgehead atoms. The number of nitriles is 2. The molecule has 6 heterocycles. The number of ether oxygens (including phenoxy) is 2. The third kappa shape index (κ3) is 16.6. The first-order valence-electron chi connectivity index (χ1n) is 36.4. The van der Waals surface area contributed by atoms with E-state index in [1.807, 2.05) is 143 Å². The molecule has 10 aromatic rings. The summed E-state index contributed by atoms with van der Waals surface area (Å²) in [5.74, 6) is 5.76. The standard InChI is InChI=1S/C85H100B2N6O7S/c1-53-38-41-68-67(42-53)90-80(96-68)64(49-88)78-74-75(77(92(78)86-97-69-31-19-20-32-70(69)98-86)59-27-25-29-63(44-59)95-52-61(57(5)48-85(15,16)17)40-37-55(3)46-83(9,10)11)79(65(50-89)81-91-66-30-18-23-35-73(66)101-81)93(87-99-71-33-21-22-34-72(71)100-87)76(74)58-26-24-28-62(43-58)94-51-60(56(4)47-84(12,13)14)39-36-54(2)45-82(6,7)8/h18-35,38,41-44,54-57,60-61H,36-37,39-40,45-48,51-52H2,1-17H3/b78-64-,79-65-. The lowest BCUT2D eigenvalue weighted by Crippen LogP contribution is -2.44. The van der Waals surface area contributed by atoms with E-state index in [2.05, 4.69) is 135 Å². The number of nitrogens with zero attached hydrogens (tertiary/aromatic N) is 6. The number of aryl methyl sites for hydroxylation is 1. The predicted molar refractivity (Wildman–Crippen MR) is 412 cm³/mol. The van der Waals surface area contributed by atoms with Crippen molar-refractivity contribution < 1.29 is 32.5 Å². The van der Waals surface area contributed by atoms with Crippen LogP contribution < -0.4 is 38.8 Å². The molecule has 6 unspecified atom stereocenters. The van der Waals surface area contributed by atoms with Gasteiger partial charge in [-0.05, 0) is 181 Å². The molecule has 0 aliphatic carbocycles. The Balaban J connectivity index is 1.17. The largest absolute Gasteiger partial charge is 0.743 e. The maximum absolute atomic E-state index is 12.4. The lowest BCUT2D eigenvalue weighted by atomic mass is 9.76. The Morgan fingerprint density at radius 1 is 0.495 bits per heavy atom. The van der Waals surface area contributed by atoms with Gasteiger partial charge in [0.2, 0.25) is 5.89 Å². The molecule has 0 saturated heterocycles. The molecule has 2 aliphatic heterocycles. The maximum Gasteiger partial charge on any atom is 0.743 e. The van der Waals surface area contributed by atoms with Crippen molar-refractivity contribution >= 4 is 69.1 Å². The first-order valence-corrected chi connectivity index (χ1v) is 37.2. The molecule has 13 nitrogen and oxygen atoms in total. The van der Waals surface area contributed by atoms with E-state index in [9.17, 15) is 10.5 Å². The Hall–Kier alpha value is -8.85. The van der Waals surface area contributed by atoms with Crippen LogP contribution in [0, 0.1) is 86.8 Å². The van der Waals surface area contributed by atoms with Gasteiger partial charge < -0.3 is 41.5 Å². The van der Waals surface area contributed by atoms with Crippen molar-refractivity contribution in [3.8, 4) is 69.2 Å². The fourth-order valence-electron chi connectivity index (χ4n) is 15.9. The van der Waals surface area contributed by atoms with Crippen molar-refractivity contribution in [2.75, 3.05) is 13.2 Å². The molecule has 16 heteroatoms. The molecule has 0 amide bonds. The number of fused-ring (bicyclic) bond motifs is 5. The highest BCUT2D eigenvalue weighted by Gasteiger charge is 2.46. The van der Waals surface area contributed by atoms with E-state index in [-0.39, 0.29) is 50.5 Å². The van der Waals surface area contributed by atoms with E-state index >= 15 is 0 Å². The zero-order valence-corrected chi connectivity index (χ0v) is 63.2. The SMILES string of the molecule is Cc1ccc2oc(/C(C#N)=c3/c4c(-c5cccc(OCC(CCC(C)CC(C)(C)C)C(C)CC(C)(C)C)c5)n(B5Oc6ccccc6O5)/c(=C(/C#N)c5nc6ccccc6s5)c4c(-c4cccc(OCC(CCC(C)CC(C)(C)C)C(C)CC(C)(C)C)c4)n3B3Oc4ccccc4O3)nc2c1. The van der Waals surface area contributed by atoms with Gasteiger partial charge in [-0.15, -0.1) is 11.3 Å². The lowest BCUT2D eigenvalue weighted by Gasteiger charge is -2.31. The molecular weight excluding hydrogens is 1270 g/mol. The third-order valence-electron chi connectivity index (χ3n) is 19.8. The lowest BCUT2D eigenvalue weighted by molar-refractivity contribution is 0.147. The fraction of sp³-hybridized carbons (Fsp3) is 0.435. The second kappa shape index (κ2) is 29.2. The molecule has 6 atom stereocenters. The molecule has 101 heavy (non-hydrogen) atoms. The minimum Gasteiger partial charge on any atom is -0.503 e. The minimum atomic E-state index is -1.25. The third-order valence-corrected chi connectivity index (χ3v) is 20.8. The highest BCUT2D eigenvalue weighted by Crippen LogP contribution is 2.44.